The van der Waals surface area contributed by atoms with Crippen molar-refractivity contribution in [2.45, 2.75) is 33.7 Å². The van der Waals surface area contributed by atoms with E-state index in [0.29, 0.717) is 11.1 Å². The molecule has 0 aliphatic rings. The van der Waals surface area contributed by atoms with Crippen LogP contribution in [0.5, 0.6) is 0 Å². The van der Waals surface area contributed by atoms with E-state index in [1.807, 2.05) is 19.9 Å². The summed E-state index contributed by atoms with van der Waals surface area (Å²) in [5.74, 6) is -0.413. The molecule has 0 aliphatic carbocycles. The summed E-state index contributed by atoms with van der Waals surface area (Å²) < 4.78 is 1.22. The van der Waals surface area contributed by atoms with Gasteiger partial charge in [0, 0.05) is 23.3 Å². The van der Waals surface area contributed by atoms with E-state index >= 15 is 0 Å². The molecular weight excluding hydrogens is 386 g/mol. The molecule has 30 heavy (non-hydrogen) atoms. The molecule has 1 heterocycles. The Kier molecular flexibility index (Phi) is 5.77. The highest BCUT2D eigenvalue weighted by molar-refractivity contribution is 6.09. The predicted octanol–water partition coefficient (Wildman–Crippen LogP) is 2.90. The van der Waals surface area contributed by atoms with Gasteiger partial charge in [-0.05, 0) is 38.0 Å². The van der Waals surface area contributed by atoms with Gasteiger partial charge in [0.25, 0.3) is 11.2 Å². The molecule has 0 atom stereocenters. The fraction of sp³-hybridized carbons (Fsp3) is 0.227. The monoisotopic (exact) mass is 407 g/mol. The van der Waals surface area contributed by atoms with Gasteiger partial charge in [-0.25, -0.2) is 4.79 Å². The van der Waals surface area contributed by atoms with Crippen molar-refractivity contribution < 1.29 is 9.72 Å². The average molecular weight is 407 g/mol. The van der Waals surface area contributed by atoms with Crippen molar-refractivity contribution in [3.63, 3.8) is 0 Å². The van der Waals surface area contributed by atoms with Gasteiger partial charge >= 0.3 is 5.69 Å². The number of rotatable bonds is 6. The van der Waals surface area contributed by atoms with Crippen molar-refractivity contribution in [2.75, 3.05) is 0 Å². The second kappa shape index (κ2) is 8.28. The smallest absolute Gasteiger partial charge is 0.287 e. The number of aryl methyl sites for hydroxylation is 2. The first-order chi connectivity index (χ1) is 14.2. The first-order valence-electron chi connectivity index (χ1n) is 9.43. The quantitative estimate of drug-likeness (QED) is 0.383. The summed E-state index contributed by atoms with van der Waals surface area (Å²) in [5, 5.41) is 10.9. The standard InChI is InChI=1S/C22H21N3O5/c1-4-18-19(20(26)16-10-13(2)9-14(3)11-16)24(22(28)23-21(18)27)12-15-5-7-17(8-6-15)25(29)30/h5-11H,4,12H2,1-3H3,(H,23,27,28). The topological polar surface area (TPSA) is 115 Å². The van der Waals surface area contributed by atoms with E-state index in [1.165, 1.54) is 28.8 Å². The first kappa shape index (κ1) is 20.9. The van der Waals surface area contributed by atoms with Crippen molar-refractivity contribution in [1.29, 1.82) is 0 Å². The number of carbonyl (C=O) groups excluding carboxylic acids is 1. The van der Waals surface area contributed by atoms with Crippen LogP contribution in [0.2, 0.25) is 0 Å². The summed E-state index contributed by atoms with van der Waals surface area (Å²) in [4.78, 5) is 51.0. The Bertz CT molecular complexity index is 1230. The van der Waals surface area contributed by atoms with Gasteiger partial charge in [-0.3, -0.25) is 29.3 Å². The van der Waals surface area contributed by atoms with Crippen LogP contribution in [-0.2, 0) is 13.0 Å². The third-order valence-corrected chi connectivity index (χ3v) is 4.84. The Labute approximate surface area is 172 Å². The summed E-state index contributed by atoms with van der Waals surface area (Å²) in [5.41, 5.74) is 1.66. The van der Waals surface area contributed by atoms with Crippen molar-refractivity contribution in [2.24, 2.45) is 0 Å². The predicted molar refractivity (Wildman–Crippen MR) is 112 cm³/mol. The van der Waals surface area contributed by atoms with E-state index in [1.54, 1.807) is 19.1 Å². The van der Waals surface area contributed by atoms with Gasteiger partial charge in [0.15, 0.2) is 0 Å². The Morgan fingerprint density at radius 1 is 1.07 bits per heavy atom. The van der Waals surface area contributed by atoms with Gasteiger partial charge in [0.05, 0.1) is 11.5 Å². The number of H-pyrrole nitrogens is 1. The summed E-state index contributed by atoms with van der Waals surface area (Å²) >= 11 is 0. The third-order valence-electron chi connectivity index (χ3n) is 4.84. The first-order valence-corrected chi connectivity index (χ1v) is 9.43. The molecule has 1 N–H and O–H groups in total. The molecule has 3 aromatic rings. The minimum atomic E-state index is -0.705. The van der Waals surface area contributed by atoms with Gasteiger partial charge in [0.1, 0.15) is 5.69 Å². The lowest BCUT2D eigenvalue weighted by Crippen LogP contribution is -2.37. The van der Waals surface area contributed by atoms with Crippen molar-refractivity contribution in [3.8, 4) is 0 Å². The lowest BCUT2D eigenvalue weighted by atomic mass is 9.99. The van der Waals surface area contributed by atoms with Crippen LogP contribution in [0.4, 0.5) is 5.69 Å². The molecule has 0 bridgehead atoms. The summed E-state index contributed by atoms with van der Waals surface area (Å²) in [6.45, 7) is 5.47. The maximum Gasteiger partial charge on any atom is 0.329 e. The molecule has 0 aliphatic heterocycles. The molecule has 0 unspecified atom stereocenters. The van der Waals surface area contributed by atoms with Crippen LogP contribution in [-0.4, -0.2) is 20.3 Å². The van der Waals surface area contributed by atoms with Crippen molar-refractivity contribution in [3.05, 3.63) is 107 Å². The minimum Gasteiger partial charge on any atom is -0.287 e. The van der Waals surface area contributed by atoms with E-state index < -0.39 is 22.0 Å². The van der Waals surface area contributed by atoms with Crippen molar-refractivity contribution >= 4 is 11.5 Å². The number of benzene rings is 2. The SMILES string of the molecule is CCc1c(C(=O)c2cc(C)cc(C)c2)n(Cc2ccc([N+](=O)[O-])cc2)c(=O)[nH]c1=O. The van der Waals surface area contributed by atoms with Crippen LogP contribution in [0.3, 0.4) is 0 Å². The molecule has 154 valence electrons. The number of nitrogens with zero attached hydrogens (tertiary/aromatic N) is 2. The van der Waals surface area contributed by atoms with Crippen LogP contribution in [0.15, 0.2) is 52.1 Å². The van der Waals surface area contributed by atoms with E-state index in [9.17, 15) is 24.5 Å². The van der Waals surface area contributed by atoms with E-state index in [4.69, 9.17) is 0 Å². The maximum atomic E-state index is 13.4. The number of nitro benzene ring substituents is 1. The number of non-ortho nitro benzene ring substituents is 1. The molecule has 8 nitrogen and oxygen atoms in total. The molecule has 0 fully saturated rings. The van der Waals surface area contributed by atoms with Gasteiger partial charge < -0.3 is 0 Å². The Morgan fingerprint density at radius 3 is 2.20 bits per heavy atom. The molecule has 0 saturated heterocycles. The zero-order chi connectivity index (χ0) is 22.0. The van der Waals surface area contributed by atoms with Crippen LogP contribution < -0.4 is 11.2 Å². The van der Waals surface area contributed by atoms with Crippen molar-refractivity contribution in [1.82, 2.24) is 9.55 Å². The van der Waals surface area contributed by atoms with Crippen LogP contribution in [0.25, 0.3) is 0 Å². The molecule has 1 aromatic heterocycles. The molecule has 0 saturated carbocycles. The second-order valence-corrected chi connectivity index (χ2v) is 7.16. The molecule has 0 radical (unpaired) electrons. The number of ketones is 1. The Hall–Kier alpha value is -3.81. The highest BCUT2D eigenvalue weighted by atomic mass is 16.6. The summed E-state index contributed by atoms with van der Waals surface area (Å²) in [6, 6.07) is 11.1. The maximum absolute atomic E-state index is 13.4. The molecule has 8 heteroatoms. The van der Waals surface area contributed by atoms with Crippen LogP contribution in [0.1, 0.15) is 45.2 Å². The zero-order valence-electron chi connectivity index (χ0n) is 16.9. The van der Waals surface area contributed by atoms with Gasteiger partial charge in [-0.1, -0.05) is 36.2 Å². The number of aromatic nitrogens is 2. The molecule has 0 amide bonds. The fourth-order valence-electron chi connectivity index (χ4n) is 3.50. The number of hydrogen-bond donors (Lipinski definition) is 1. The third kappa shape index (κ3) is 4.12. The zero-order valence-corrected chi connectivity index (χ0v) is 16.9. The van der Waals surface area contributed by atoms with E-state index in [-0.39, 0.29) is 29.9 Å². The highest BCUT2D eigenvalue weighted by Gasteiger charge is 2.22. The van der Waals surface area contributed by atoms with Crippen LogP contribution >= 0.6 is 0 Å². The lowest BCUT2D eigenvalue weighted by Gasteiger charge is -2.15. The number of hydrogen-bond acceptors (Lipinski definition) is 5. The van der Waals surface area contributed by atoms with Gasteiger partial charge in [-0.2, -0.15) is 0 Å². The van der Waals surface area contributed by atoms with Gasteiger partial charge in [-0.15, -0.1) is 0 Å². The fourth-order valence-corrected chi connectivity index (χ4v) is 3.50. The van der Waals surface area contributed by atoms with E-state index in [0.717, 1.165) is 11.1 Å². The van der Waals surface area contributed by atoms with Gasteiger partial charge in [0.2, 0.25) is 5.78 Å². The normalized spacial score (nSPS) is 10.8. The van der Waals surface area contributed by atoms with E-state index in [2.05, 4.69) is 4.98 Å². The number of carbonyl (C=O) groups is 1. The number of aromatic amines is 1. The van der Waals surface area contributed by atoms with Crippen LogP contribution in [0, 0.1) is 24.0 Å². The lowest BCUT2D eigenvalue weighted by molar-refractivity contribution is -0.384. The second-order valence-electron chi connectivity index (χ2n) is 7.16. The molecular formula is C22H21N3O5. The summed E-state index contributed by atoms with van der Waals surface area (Å²) in [7, 11) is 0. The largest absolute Gasteiger partial charge is 0.329 e. The average Bonchev–Trinajstić information content (AvgIpc) is 2.68. The highest BCUT2D eigenvalue weighted by Crippen LogP contribution is 2.18. The molecule has 0 spiro atoms. The minimum absolute atomic E-state index is 0.00746. The molecule has 3 rings (SSSR count). The number of nitro groups is 1. The Morgan fingerprint density at radius 2 is 1.67 bits per heavy atom. The Balaban J connectivity index is 2.18. The molecule has 2 aromatic carbocycles. The summed E-state index contributed by atoms with van der Waals surface area (Å²) in [6.07, 6.45) is 0.266. The number of nitrogens with one attached hydrogen (secondary N) is 1.